The van der Waals surface area contributed by atoms with Gasteiger partial charge in [-0.3, -0.25) is 9.59 Å². The van der Waals surface area contributed by atoms with Gasteiger partial charge >= 0.3 is 0 Å². The molecule has 2 heterocycles. The molecule has 2 aromatic rings. The van der Waals surface area contributed by atoms with E-state index in [1.807, 2.05) is 0 Å². The number of nitrogens with one attached hydrogen (secondary N) is 1. The third kappa shape index (κ3) is 3.40. The Balaban J connectivity index is 1.78. The monoisotopic (exact) mass is 345 g/mol. The molecule has 1 aliphatic heterocycles. The number of Topliss-reactive ketones (excluding diaryl/α,β-unsaturated/α-hetero) is 1. The first kappa shape index (κ1) is 16.1. The summed E-state index contributed by atoms with van der Waals surface area (Å²) in [5.74, 6) is 0.653. The molecule has 24 heavy (non-hydrogen) atoms. The number of rotatable bonds is 4. The quantitative estimate of drug-likeness (QED) is 0.429. The van der Waals surface area contributed by atoms with Crippen molar-refractivity contribution in [2.75, 3.05) is 23.4 Å². The average molecular weight is 345 g/mol. The Morgan fingerprint density at radius 1 is 1.29 bits per heavy atom. The van der Waals surface area contributed by atoms with Gasteiger partial charge in [0, 0.05) is 11.6 Å². The molecule has 0 bridgehead atoms. The van der Waals surface area contributed by atoms with Crippen LogP contribution in [0.15, 0.2) is 29.4 Å². The molecule has 0 fully saturated rings. The van der Waals surface area contributed by atoms with Crippen molar-refractivity contribution in [3.8, 4) is 5.75 Å². The molecule has 5 N–H and O–H groups in total. The van der Waals surface area contributed by atoms with Crippen molar-refractivity contribution >= 4 is 40.8 Å². The highest BCUT2D eigenvalue weighted by atomic mass is 32.2. The Bertz CT molecular complexity index is 807. The Morgan fingerprint density at radius 3 is 2.71 bits per heavy atom. The van der Waals surface area contributed by atoms with Gasteiger partial charge in [0.2, 0.25) is 0 Å². The molecule has 0 radical (unpaired) electrons. The minimum absolute atomic E-state index is 0.0270. The first-order valence-electron chi connectivity index (χ1n) is 7.10. The van der Waals surface area contributed by atoms with Crippen molar-refractivity contribution < 1.29 is 14.3 Å². The van der Waals surface area contributed by atoms with E-state index in [-0.39, 0.29) is 29.9 Å². The molecule has 8 nitrogen and oxygen atoms in total. The minimum Gasteiger partial charge on any atom is -0.482 e. The van der Waals surface area contributed by atoms with Crippen molar-refractivity contribution in [2.45, 2.75) is 17.3 Å². The normalized spacial score (nSPS) is 14.3. The maximum atomic E-state index is 12.6. The molecule has 9 heteroatoms. The molecule has 1 aliphatic rings. The molecule has 124 valence electrons. The minimum atomic E-state index is -0.454. The fourth-order valence-corrected chi connectivity index (χ4v) is 3.07. The number of ketones is 1. The second-order valence-corrected chi connectivity index (χ2v) is 6.48. The van der Waals surface area contributed by atoms with Crippen LogP contribution in [0.5, 0.6) is 5.75 Å². The van der Waals surface area contributed by atoms with Gasteiger partial charge < -0.3 is 21.5 Å². The topological polar surface area (TPSA) is 133 Å². The summed E-state index contributed by atoms with van der Waals surface area (Å²) in [5.41, 5.74) is 12.2. The predicted octanol–water partition coefficient (Wildman–Crippen LogP) is 1.34. The van der Waals surface area contributed by atoms with Gasteiger partial charge in [-0.2, -0.15) is 0 Å². The molecule has 0 spiro atoms. The zero-order valence-electron chi connectivity index (χ0n) is 12.8. The lowest BCUT2D eigenvalue weighted by molar-refractivity contribution is -0.118. The standard InChI is InChI=1S/C15H15N5O3S/c1-7(24-15-19-11(16)5-12(17)20-15)14(22)8-2-3-10-9(4-8)18-13(21)6-23-10/h2-5,7H,6H2,1H3,(H,18,21)(H4,16,17,19,20)/t7-/m1/s1. The molecular weight excluding hydrogens is 330 g/mol. The molecule has 1 aromatic carbocycles. The van der Waals surface area contributed by atoms with Gasteiger partial charge in [-0.25, -0.2) is 9.97 Å². The number of ether oxygens (including phenoxy) is 1. The highest BCUT2D eigenvalue weighted by Crippen LogP contribution is 2.30. The summed E-state index contributed by atoms with van der Waals surface area (Å²) in [4.78, 5) is 32.1. The molecule has 1 amide bonds. The fraction of sp³-hybridized carbons (Fsp3) is 0.200. The van der Waals surface area contributed by atoms with E-state index in [4.69, 9.17) is 16.2 Å². The number of anilines is 3. The summed E-state index contributed by atoms with van der Waals surface area (Å²) in [6.45, 7) is 1.71. The SMILES string of the molecule is C[C@@H](Sc1nc(N)cc(N)n1)C(=O)c1ccc2c(c1)NC(=O)CO2. The zero-order valence-corrected chi connectivity index (χ0v) is 13.6. The van der Waals surface area contributed by atoms with Crippen LogP contribution in [0, 0.1) is 0 Å². The van der Waals surface area contributed by atoms with Crippen LogP contribution in [-0.2, 0) is 4.79 Å². The zero-order chi connectivity index (χ0) is 17.3. The number of thioether (sulfide) groups is 1. The fourth-order valence-electron chi connectivity index (χ4n) is 2.20. The molecular formula is C15H15N5O3S. The van der Waals surface area contributed by atoms with Gasteiger partial charge in [-0.1, -0.05) is 11.8 Å². The lowest BCUT2D eigenvalue weighted by atomic mass is 10.1. The molecule has 1 aromatic heterocycles. The second-order valence-electron chi connectivity index (χ2n) is 5.17. The summed E-state index contributed by atoms with van der Waals surface area (Å²) in [5, 5.41) is 2.56. The number of carbonyl (C=O) groups excluding carboxylic acids is 2. The van der Waals surface area contributed by atoms with Crippen molar-refractivity contribution in [2.24, 2.45) is 0 Å². The molecule has 3 rings (SSSR count). The van der Waals surface area contributed by atoms with Crippen molar-refractivity contribution in [1.29, 1.82) is 0 Å². The number of amides is 1. The van der Waals surface area contributed by atoms with Gasteiger partial charge in [-0.05, 0) is 25.1 Å². The van der Waals surface area contributed by atoms with Gasteiger partial charge in [0.1, 0.15) is 17.4 Å². The van der Waals surface area contributed by atoms with Crippen molar-refractivity contribution in [3.05, 3.63) is 29.8 Å². The lowest BCUT2D eigenvalue weighted by Crippen LogP contribution is -2.25. The number of nitrogens with zero attached hydrogens (tertiary/aromatic N) is 2. The van der Waals surface area contributed by atoms with E-state index in [1.54, 1.807) is 25.1 Å². The third-order valence-electron chi connectivity index (χ3n) is 3.29. The van der Waals surface area contributed by atoms with E-state index in [0.717, 1.165) is 11.8 Å². The van der Waals surface area contributed by atoms with E-state index in [9.17, 15) is 9.59 Å². The molecule has 1 atom stereocenters. The van der Waals surface area contributed by atoms with Crippen LogP contribution in [-0.4, -0.2) is 33.5 Å². The van der Waals surface area contributed by atoms with Crippen LogP contribution >= 0.6 is 11.8 Å². The average Bonchev–Trinajstić information content (AvgIpc) is 2.52. The van der Waals surface area contributed by atoms with Crippen LogP contribution < -0.4 is 21.5 Å². The molecule has 0 aliphatic carbocycles. The van der Waals surface area contributed by atoms with E-state index >= 15 is 0 Å². The van der Waals surface area contributed by atoms with Gasteiger partial charge in [0.05, 0.1) is 10.9 Å². The maximum Gasteiger partial charge on any atom is 0.262 e. The number of hydrogen-bond donors (Lipinski definition) is 3. The number of benzene rings is 1. The molecule has 0 saturated carbocycles. The van der Waals surface area contributed by atoms with E-state index < -0.39 is 5.25 Å². The molecule has 0 saturated heterocycles. The number of fused-ring (bicyclic) bond motifs is 1. The van der Waals surface area contributed by atoms with Gasteiger partial charge in [-0.15, -0.1) is 0 Å². The number of nitrogens with two attached hydrogens (primary N) is 2. The summed E-state index contributed by atoms with van der Waals surface area (Å²) >= 11 is 1.16. The smallest absolute Gasteiger partial charge is 0.262 e. The van der Waals surface area contributed by atoms with Gasteiger partial charge in [0.25, 0.3) is 5.91 Å². The lowest BCUT2D eigenvalue weighted by Gasteiger charge is -2.19. The Hall–Kier alpha value is -2.81. The number of aromatic nitrogens is 2. The number of carbonyl (C=O) groups is 2. The Kier molecular flexibility index (Phi) is 4.26. The summed E-state index contributed by atoms with van der Waals surface area (Å²) in [6.07, 6.45) is 0. The van der Waals surface area contributed by atoms with Crippen LogP contribution in [0.25, 0.3) is 0 Å². The third-order valence-corrected chi connectivity index (χ3v) is 4.25. The summed E-state index contributed by atoms with van der Waals surface area (Å²) < 4.78 is 5.28. The summed E-state index contributed by atoms with van der Waals surface area (Å²) in [6, 6.07) is 6.36. The Labute approximate surface area is 142 Å². The largest absolute Gasteiger partial charge is 0.482 e. The first-order valence-corrected chi connectivity index (χ1v) is 7.98. The molecule has 0 unspecified atom stereocenters. The van der Waals surface area contributed by atoms with Crippen LogP contribution in [0.3, 0.4) is 0 Å². The van der Waals surface area contributed by atoms with E-state index in [2.05, 4.69) is 15.3 Å². The van der Waals surface area contributed by atoms with Crippen LogP contribution in [0.2, 0.25) is 0 Å². The Morgan fingerprint density at radius 2 is 2.00 bits per heavy atom. The van der Waals surface area contributed by atoms with Crippen LogP contribution in [0.1, 0.15) is 17.3 Å². The highest BCUT2D eigenvalue weighted by Gasteiger charge is 2.22. The first-order chi connectivity index (χ1) is 11.4. The van der Waals surface area contributed by atoms with Gasteiger partial charge in [0.15, 0.2) is 17.5 Å². The second kappa shape index (κ2) is 6.36. The highest BCUT2D eigenvalue weighted by molar-refractivity contribution is 8.00. The van der Waals surface area contributed by atoms with E-state index in [0.29, 0.717) is 22.2 Å². The number of nitrogen functional groups attached to an aromatic ring is 2. The van der Waals surface area contributed by atoms with Crippen molar-refractivity contribution in [1.82, 2.24) is 9.97 Å². The number of hydrogen-bond acceptors (Lipinski definition) is 8. The predicted molar refractivity (Wildman–Crippen MR) is 91.1 cm³/mol. The van der Waals surface area contributed by atoms with Crippen LogP contribution in [0.4, 0.5) is 17.3 Å². The van der Waals surface area contributed by atoms with Crippen molar-refractivity contribution in [3.63, 3.8) is 0 Å². The summed E-state index contributed by atoms with van der Waals surface area (Å²) in [7, 11) is 0. The maximum absolute atomic E-state index is 12.6. The van der Waals surface area contributed by atoms with E-state index in [1.165, 1.54) is 6.07 Å².